The van der Waals surface area contributed by atoms with E-state index in [0.29, 0.717) is 18.1 Å². The first-order valence-electron chi connectivity index (χ1n) is 9.90. The van der Waals surface area contributed by atoms with Crippen molar-refractivity contribution in [2.45, 2.75) is 6.92 Å². The molecule has 0 aliphatic carbocycles. The molecule has 1 aliphatic rings. The molecule has 7 nitrogen and oxygen atoms in total. The smallest absolute Gasteiger partial charge is 0.159 e. The monoisotopic (exact) mass is 390 g/mol. The number of ether oxygens (including phenoxy) is 1. The molecule has 1 fully saturated rings. The van der Waals surface area contributed by atoms with Gasteiger partial charge >= 0.3 is 0 Å². The Morgan fingerprint density at radius 2 is 1.62 bits per heavy atom. The molecule has 29 heavy (non-hydrogen) atoms. The summed E-state index contributed by atoms with van der Waals surface area (Å²) in [7, 11) is 0. The zero-order chi connectivity index (χ0) is 20.1. The maximum Gasteiger partial charge on any atom is 0.159 e. The van der Waals surface area contributed by atoms with Gasteiger partial charge in [0.25, 0.3) is 0 Å². The van der Waals surface area contributed by atoms with Gasteiger partial charge in [-0.3, -0.25) is 0 Å². The number of nitrogens with one attached hydrogen (secondary N) is 1. The van der Waals surface area contributed by atoms with Crippen molar-refractivity contribution >= 4 is 28.7 Å². The van der Waals surface area contributed by atoms with Crippen LogP contribution in [0.1, 0.15) is 6.92 Å². The summed E-state index contributed by atoms with van der Waals surface area (Å²) in [6, 6.07) is 18.2. The van der Waals surface area contributed by atoms with Crippen molar-refractivity contribution in [3.05, 3.63) is 60.9 Å². The topological polar surface area (TPSA) is 79.5 Å². The highest BCUT2D eigenvalue weighted by Crippen LogP contribution is 2.30. The first-order valence-corrected chi connectivity index (χ1v) is 9.90. The van der Waals surface area contributed by atoms with Crippen LogP contribution in [0.15, 0.2) is 60.9 Å². The lowest BCUT2D eigenvalue weighted by Gasteiger charge is -2.37. The summed E-state index contributed by atoms with van der Waals surface area (Å²) in [4.78, 5) is 13.4. The molecule has 0 bridgehead atoms. The zero-order valence-corrected chi connectivity index (χ0v) is 16.6. The second-order valence-corrected chi connectivity index (χ2v) is 6.85. The number of hydrogen-bond acceptors (Lipinski definition) is 7. The van der Waals surface area contributed by atoms with E-state index in [2.05, 4.69) is 49.4 Å². The van der Waals surface area contributed by atoms with Crippen LogP contribution in [-0.4, -0.2) is 42.8 Å². The summed E-state index contributed by atoms with van der Waals surface area (Å²) in [5, 5.41) is 3.29. The van der Waals surface area contributed by atoms with Crippen molar-refractivity contribution in [3.8, 4) is 5.75 Å². The minimum absolute atomic E-state index is 0.564. The van der Waals surface area contributed by atoms with Gasteiger partial charge < -0.3 is 25.6 Å². The average molecular weight is 390 g/mol. The molecule has 0 saturated carbocycles. The first kappa shape index (κ1) is 18.9. The maximum absolute atomic E-state index is 6.42. The molecule has 7 heteroatoms. The predicted molar refractivity (Wildman–Crippen MR) is 118 cm³/mol. The lowest BCUT2D eigenvalue weighted by molar-refractivity contribution is 0.340. The number of rotatable bonds is 6. The van der Waals surface area contributed by atoms with Gasteiger partial charge in [-0.1, -0.05) is 18.2 Å². The van der Waals surface area contributed by atoms with E-state index in [0.717, 1.165) is 43.4 Å². The van der Waals surface area contributed by atoms with Gasteiger partial charge in [-0.05, 0) is 43.3 Å². The fourth-order valence-electron chi connectivity index (χ4n) is 3.49. The Labute approximate surface area is 171 Å². The van der Waals surface area contributed by atoms with E-state index in [4.69, 9.17) is 10.5 Å². The molecule has 0 atom stereocenters. The Morgan fingerprint density at radius 3 is 2.31 bits per heavy atom. The minimum atomic E-state index is 0.564. The number of piperazine rings is 1. The Hall–Kier alpha value is -3.48. The van der Waals surface area contributed by atoms with Crippen molar-refractivity contribution in [1.29, 1.82) is 0 Å². The first-order chi connectivity index (χ1) is 14.2. The predicted octanol–water partition coefficient (Wildman–Crippen LogP) is 3.53. The number of benzene rings is 2. The molecule has 150 valence electrons. The van der Waals surface area contributed by atoms with Crippen LogP contribution < -0.4 is 25.6 Å². The van der Waals surface area contributed by atoms with Crippen molar-refractivity contribution in [2.24, 2.45) is 0 Å². The summed E-state index contributed by atoms with van der Waals surface area (Å²) >= 11 is 0. The van der Waals surface area contributed by atoms with E-state index in [-0.39, 0.29) is 0 Å². The van der Waals surface area contributed by atoms with Gasteiger partial charge in [-0.15, -0.1) is 0 Å². The van der Waals surface area contributed by atoms with Gasteiger partial charge in [0.2, 0.25) is 0 Å². The molecular formula is C22H26N6O. The molecule has 4 rings (SSSR count). The summed E-state index contributed by atoms with van der Waals surface area (Å²) in [5.74, 6) is 2.23. The molecule has 1 saturated heterocycles. The number of aromatic nitrogens is 2. The summed E-state index contributed by atoms with van der Waals surface area (Å²) in [6.45, 7) is 6.18. The highest BCUT2D eigenvalue weighted by molar-refractivity contribution is 5.78. The van der Waals surface area contributed by atoms with Crippen LogP contribution in [0.3, 0.4) is 0 Å². The molecule has 3 aromatic rings. The fraction of sp³-hybridized carbons (Fsp3) is 0.273. The number of anilines is 5. The fourth-order valence-corrected chi connectivity index (χ4v) is 3.49. The van der Waals surface area contributed by atoms with Crippen LogP contribution in [0.5, 0.6) is 5.75 Å². The highest BCUT2D eigenvalue weighted by Gasteiger charge is 2.21. The largest absolute Gasteiger partial charge is 0.494 e. The van der Waals surface area contributed by atoms with E-state index in [9.17, 15) is 0 Å². The molecule has 1 aliphatic heterocycles. The van der Waals surface area contributed by atoms with Crippen LogP contribution in [0.25, 0.3) is 0 Å². The Balaban J connectivity index is 1.44. The molecule has 2 aromatic carbocycles. The average Bonchev–Trinajstić information content (AvgIpc) is 2.77. The van der Waals surface area contributed by atoms with Crippen molar-refractivity contribution < 1.29 is 4.74 Å². The van der Waals surface area contributed by atoms with Gasteiger partial charge in [0, 0.05) is 37.6 Å². The standard InChI is InChI=1S/C22H26N6O/c1-2-29-19-10-8-17(9-11-19)26-21-20(23)22(25-16-24-21)28-14-12-27(13-15-28)18-6-4-3-5-7-18/h3-11,16H,2,12-15,23H2,1H3,(H,24,25,26). The van der Waals surface area contributed by atoms with Crippen LogP contribution >= 0.6 is 0 Å². The van der Waals surface area contributed by atoms with Crippen molar-refractivity contribution in [1.82, 2.24) is 9.97 Å². The summed E-state index contributed by atoms with van der Waals surface area (Å²) < 4.78 is 5.49. The van der Waals surface area contributed by atoms with E-state index < -0.39 is 0 Å². The minimum Gasteiger partial charge on any atom is -0.494 e. The number of nitrogens with two attached hydrogens (primary N) is 1. The van der Waals surface area contributed by atoms with Crippen molar-refractivity contribution in [3.63, 3.8) is 0 Å². The molecule has 0 amide bonds. The van der Waals surface area contributed by atoms with Gasteiger partial charge in [0.05, 0.1) is 6.61 Å². The molecule has 0 unspecified atom stereocenters. The van der Waals surface area contributed by atoms with Gasteiger partial charge in [0.1, 0.15) is 17.8 Å². The number of para-hydroxylation sites is 1. The number of nitrogen functional groups attached to an aromatic ring is 1. The molecule has 3 N–H and O–H groups in total. The lowest BCUT2D eigenvalue weighted by atomic mass is 10.2. The SMILES string of the molecule is CCOc1ccc(Nc2ncnc(N3CCN(c4ccccc4)CC3)c2N)cc1. The Kier molecular flexibility index (Phi) is 5.65. The number of nitrogens with zero attached hydrogens (tertiary/aromatic N) is 4. The van der Waals surface area contributed by atoms with Crippen LogP contribution in [0.2, 0.25) is 0 Å². The second-order valence-electron chi connectivity index (χ2n) is 6.85. The third-order valence-corrected chi connectivity index (χ3v) is 4.99. The van der Waals surface area contributed by atoms with Crippen LogP contribution in [0.4, 0.5) is 28.7 Å². The van der Waals surface area contributed by atoms with Gasteiger partial charge in [-0.2, -0.15) is 0 Å². The van der Waals surface area contributed by atoms with E-state index in [1.54, 1.807) is 6.33 Å². The Bertz CT molecular complexity index is 924. The number of hydrogen-bond donors (Lipinski definition) is 2. The lowest BCUT2D eigenvalue weighted by Crippen LogP contribution is -2.47. The van der Waals surface area contributed by atoms with Crippen molar-refractivity contribution in [2.75, 3.05) is 53.6 Å². The van der Waals surface area contributed by atoms with E-state index >= 15 is 0 Å². The molecule has 0 spiro atoms. The maximum atomic E-state index is 6.42. The van der Waals surface area contributed by atoms with Gasteiger partial charge in [0.15, 0.2) is 11.6 Å². The summed E-state index contributed by atoms with van der Waals surface area (Å²) in [6.07, 6.45) is 1.56. The molecule has 1 aromatic heterocycles. The third-order valence-electron chi connectivity index (χ3n) is 4.99. The molecule has 0 radical (unpaired) electrons. The Morgan fingerprint density at radius 1 is 0.931 bits per heavy atom. The second kappa shape index (κ2) is 8.68. The summed E-state index contributed by atoms with van der Waals surface area (Å²) in [5.41, 5.74) is 9.13. The normalized spacial score (nSPS) is 14.0. The third kappa shape index (κ3) is 4.34. The van der Waals surface area contributed by atoms with Gasteiger partial charge in [-0.25, -0.2) is 9.97 Å². The molecule has 2 heterocycles. The highest BCUT2D eigenvalue weighted by atomic mass is 16.5. The molecular weight excluding hydrogens is 364 g/mol. The van der Waals surface area contributed by atoms with Crippen LogP contribution in [0, 0.1) is 0 Å². The quantitative estimate of drug-likeness (QED) is 0.666. The van der Waals surface area contributed by atoms with E-state index in [1.807, 2.05) is 37.3 Å². The van der Waals surface area contributed by atoms with Crippen LogP contribution in [-0.2, 0) is 0 Å². The zero-order valence-electron chi connectivity index (χ0n) is 16.6. The van der Waals surface area contributed by atoms with E-state index in [1.165, 1.54) is 5.69 Å².